The third-order valence-corrected chi connectivity index (χ3v) is 4.33. The normalized spacial score (nSPS) is 10.7. The highest BCUT2D eigenvalue weighted by atomic mass is 35.5. The number of nitrogens with zero attached hydrogens (tertiary/aromatic N) is 3. The minimum absolute atomic E-state index is 0.203. The summed E-state index contributed by atoms with van der Waals surface area (Å²) in [6.07, 6.45) is 3.22. The van der Waals surface area contributed by atoms with Crippen LogP contribution in [0.5, 0.6) is 5.88 Å². The Morgan fingerprint density at radius 1 is 1.21 bits per heavy atom. The van der Waals surface area contributed by atoms with Crippen molar-refractivity contribution >= 4 is 17.5 Å². The van der Waals surface area contributed by atoms with Crippen molar-refractivity contribution in [2.75, 3.05) is 20.3 Å². The first-order valence-corrected chi connectivity index (χ1v) is 9.11. The van der Waals surface area contributed by atoms with Gasteiger partial charge < -0.3 is 14.8 Å². The van der Waals surface area contributed by atoms with E-state index in [1.807, 2.05) is 25.1 Å². The number of pyridine rings is 1. The SMILES string of the molecule is COCCOc1ccc(CNC(=O)c2cnn(-c3cccc(Cl)c3)c2C)cn1. The lowest BCUT2D eigenvalue weighted by Gasteiger charge is -2.08. The smallest absolute Gasteiger partial charge is 0.255 e. The van der Waals surface area contributed by atoms with E-state index in [4.69, 9.17) is 21.1 Å². The molecule has 0 bridgehead atoms. The minimum atomic E-state index is -0.203. The number of halogens is 1. The van der Waals surface area contributed by atoms with Crippen molar-refractivity contribution < 1.29 is 14.3 Å². The zero-order chi connectivity index (χ0) is 19.9. The highest BCUT2D eigenvalue weighted by Crippen LogP contribution is 2.18. The first-order chi connectivity index (χ1) is 13.6. The van der Waals surface area contributed by atoms with Crippen molar-refractivity contribution in [1.29, 1.82) is 0 Å². The largest absolute Gasteiger partial charge is 0.475 e. The summed E-state index contributed by atoms with van der Waals surface area (Å²) in [5, 5.41) is 7.80. The summed E-state index contributed by atoms with van der Waals surface area (Å²) in [6.45, 7) is 3.14. The third-order valence-electron chi connectivity index (χ3n) is 4.10. The van der Waals surface area contributed by atoms with Gasteiger partial charge in [-0.1, -0.05) is 23.7 Å². The molecule has 0 radical (unpaired) electrons. The molecule has 28 heavy (non-hydrogen) atoms. The van der Waals surface area contributed by atoms with E-state index in [0.717, 1.165) is 16.9 Å². The van der Waals surface area contributed by atoms with Crippen LogP contribution in [0.25, 0.3) is 5.69 Å². The van der Waals surface area contributed by atoms with E-state index in [1.54, 1.807) is 42.4 Å². The molecule has 0 unspecified atom stereocenters. The molecule has 0 aliphatic rings. The number of carbonyl (C=O) groups is 1. The van der Waals surface area contributed by atoms with E-state index < -0.39 is 0 Å². The van der Waals surface area contributed by atoms with Gasteiger partial charge >= 0.3 is 0 Å². The van der Waals surface area contributed by atoms with E-state index in [2.05, 4.69) is 15.4 Å². The number of ether oxygens (including phenoxy) is 2. The maximum atomic E-state index is 12.5. The van der Waals surface area contributed by atoms with E-state index in [-0.39, 0.29) is 5.91 Å². The summed E-state index contributed by atoms with van der Waals surface area (Å²) in [5.74, 6) is 0.317. The molecule has 1 N–H and O–H groups in total. The highest BCUT2D eigenvalue weighted by molar-refractivity contribution is 6.30. The van der Waals surface area contributed by atoms with Gasteiger partial charge in [0, 0.05) is 30.9 Å². The Balaban J connectivity index is 1.61. The van der Waals surface area contributed by atoms with Crippen LogP contribution in [0.15, 0.2) is 48.8 Å². The molecule has 0 spiro atoms. The Morgan fingerprint density at radius 2 is 2.07 bits per heavy atom. The van der Waals surface area contributed by atoms with Crippen molar-refractivity contribution in [3.05, 3.63) is 70.6 Å². The second-order valence-corrected chi connectivity index (χ2v) is 6.50. The second-order valence-electron chi connectivity index (χ2n) is 6.06. The topological polar surface area (TPSA) is 78.3 Å². The molecule has 2 aromatic heterocycles. The molecule has 0 atom stereocenters. The van der Waals surface area contributed by atoms with Crippen LogP contribution >= 0.6 is 11.6 Å². The van der Waals surface area contributed by atoms with Crippen LogP contribution in [0, 0.1) is 6.92 Å². The number of amides is 1. The molecule has 7 nitrogen and oxygen atoms in total. The number of nitrogens with one attached hydrogen (secondary N) is 1. The number of rotatable bonds is 8. The molecule has 0 aliphatic heterocycles. The monoisotopic (exact) mass is 400 g/mol. The summed E-state index contributed by atoms with van der Waals surface area (Å²) < 4.78 is 12.0. The van der Waals surface area contributed by atoms with Crippen LogP contribution in [-0.2, 0) is 11.3 Å². The first kappa shape index (κ1) is 19.9. The first-order valence-electron chi connectivity index (χ1n) is 8.74. The average molecular weight is 401 g/mol. The lowest BCUT2D eigenvalue weighted by atomic mass is 10.2. The second kappa shape index (κ2) is 9.34. The quantitative estimate of drug-likeness (QED) is 0.587. The van der Waals surface area contributed by atoms with Crippen LogP contribution in [-0.4, -0.2) is 41.0 Å². The van der Waals surface area contributed by atoms with Crippen molar-refractivity contribution in [2.45, 2.75) is 13.5 Å². The predicted molar refractivity (Wildman–Crippen MR) is 106 cm³/mol. The number of carbonyl (C=O) groups excluding carboxylic acids is 1. The number of hydrogen-bond acceptors (Lipinski definition) is 5. The molecule has 0 fully saturated rings. The van der Waals surface area contributed by atoms with Crippen LogP contribution in [0.4, 0.5) is 0 Å². The Kier molecular flexibility index (Phi) is 6.62. The zero-order valence-corrected chi connectivity index (χ0v) is 16.4. The fraction of sp³-hybridized carbons (Fsp3) is 0.250. The third kappa shape index (κ3) is 4.88. The molecule has 0 aliphatic carbocycles. The molecule has 2 heterocycles. The van der Waals surface area contributed by atoms with E-state index in [0.29, 0.717) is 36.2 Å². The summed E-state index contributed by atoms with van der Waals surface area (Å²) in [4.78, 5) is 16.8. The van der Waals surface area contributed by atoms with Gasteiger partial charge in [-0.2, -0.15) is 5.10 Å². The molecular weight excluding hydrogens is 380 g/mol. The molecule has 3 aromatic rings. The van der Waals surface area contributed by atoms with Crippen LogP contribution in [0.1, 0.15) is 21.6 Å². The van der Waals surface area contributed by atoms with Crippen molar-refractivity contribution in [1.82, 2.24) is 20.1 Å². The van der Waals surface area contributed by atoms with Crippen LogP contribution in [0.2, 0.25) is 5.02 Å². The maximum absolute atomic E-state index is 12.5. The van der Waals surface area contributed by atoms with Crippen LogP contribution in [0.3, 0.4) is 0 Å². The van der Waals surface area contributed by atoms with Gasteiger partial charge in [-0.05, 0) is 30.7 Å². The molecular formula is C20H21ClN4O3. The van der Waals surface area contributed by atoms with Gasteiger partial charge in [0.2, 0.25) is 5.88 Å². The lowest BCUT2D eigenvalue weighted by molar-refractivity contribution is 0.0950. The molecule has 8 heteroatoms. The summed E-state index contributed by atoms with van der Waals surface area (Å²) in [7, 11) is 1.61. The number of hydrogen-bond donors (Lipinski definition) is 1. The van der Waals surface area contributed by atoms with Crippen molar-refractivity contribution in [3.8, 4) is 11.6 Å². The van der Waals surface area contributed by atoms with Gasteiger partial charge in [0.25, 0.3) is 5.91 Å². The Labute approximate surface area is 168 Å². The van der Waals surface area contributed by atoms with Gasteiger partial charge in [0.05, 0.1) is 29.7 Å². The number of aromatic nitrogens is 3. The van der Waals surface area contributed by atoms with Gasteiger partial charge in [0.15, 0.2) is 0 Å². The molecule has 3 rings (SSSR count). The van der Waals surface area contributed by atoms with Crippen molar-refractivity contribution in [3.63, 3.8) is 0 Å². The Bertz CT molecular complexity index is 941. The lowest BCUT2D eigenvalue weighted by Crippen LogP contribution is -2.23. The van der Waals surface area contributed by atoms with E-state index in [1.165, 1.54) is 0 Å². The van der Waals surface area contributed by atoms with Gasteiger partial charge in [-0.3, -0.25) is 4.79 Å². The van der Waals surface area contributed by atoms with Gasteiger partial charge in [-0.15, -0.1) is 0 Å². The molecule has 146 valence electrons. The molecule has 1 aromatic carbocycles. The Morgan fingerprint density at radius 3 is 2.79 bits per heavy atom. The molecule has 0 saturated heterocycles. The standard InChI is InChI=1S/C20H21ClN4O3/c1-14-18(13-24-25(14)17-5-3-4-16(21)10-17)20(26)23-12-15-6-7-19(22-11-15)28-9-8-27-2/h3-7,10-11,13H,8-9,12H2,1-2H3,(H,23,26). The minimum Gasteiger partial charge on any atom is -0.475 e. The molecule has 1 amide bonds. The fourth-order valence-electron chi connectivity index (χ4n) is 2.61. The maximum Gasteiger partial charge on any atom is 0.255 e. The average Bonchev–Trinajstić information content (AvgIpc) is 3.09. The predicted octanol–water partition coefficient (Wildman–Crippen LogP) is 3.18. The summed E-state index contributed by atoms with van der Waals surface area (Å²) >= 11 is 6.04. The number of benzene rings is 1. The van der Waals surface area contributed by atoms with Gasteiger partial charge in [-0.25, -0.2) is 9.67 Å². The number of methoxy groups -OCH3 is 1. The van der Waals surface area contributed by atoms with Crippen LogP contribution < -0.4 is 10.1 Å². The molecule has 0 saturated carbocycles. The highest BCUT2D eigenvalue weighted by Gasteiger charge is 2.15. The van der Waals surface area contributed by atoms with E-state index in [9.17, 15) is 4.79 Å². The zero-order valence-electron chi connectivity index (χ0n) is 15.7. The van der Waals surface area contributed by atoms with Gasteiger partial charge in [0.1, 0.15) is 6.61 Å². The van der Waals surface area contributed by atoms with E-state index >= 15 is 0 Å². The van der Waals surface area contributed by atoms with Crippen molar-refractivity contribution in [2.24, 2.45) is 0 Å². The summed E-state index contributed by atoms with van der Waals surface area (Å²) in [5.41, 5.74) is 2.91. The summed E-state index contributed by atoms with van der Waals surface area (Å²) in [6, 6.07) is 10.9. The fourth-order valence-corrected chi connectivity index (χ4v) is 2.79. The Hall–Kier alpha value is -2.90.